The molecule has 3 rings (SSSR count). The average molecular weight is 407 g/mol. The maximum atomic E-state index is 12.2. The van der Waals surface area contributed by atoms with Crippen molar-refractivity contribution in [1.29, 1.82) is 0 Å². The highest BCUT2D eigenvalue weighted by molar-refractivity contribution is 7.14. The minimum atomic E-state index is -0.339. The molecule has 0 saturated carbocycles. The third-order valence-corrected chi connectivity index (χ3v) is 5.10. The number of anilines is 1. The molecule has 0 bridgehead atoms. The third kappa shape index (κ3) is 5.27. The number of rotatable bonds is 7. The smallest absolute Gasteiger partial charge is 0.270 e. The molecule has 9 heteroatoms. The maximum Gasteiger partial charge on any atom is 0.270 e. The predicted octanol–water partition coefficient (Wildman–Crippen LogP) is 2.79. The van der Waals surface area contributed by atoms with Crippen molar-refractivity contribution in [2.45, 2.75) is 19.3 Å². The Hall–Kier alpha value is -2.45. The zero-order valence-electron chi connectivity index (χ0n) is 14.5. The molecule has 1 aromatic carbocycles. The van der Waals surface area contributed by atoms with Gasteiger partial charge in [0.25, 0.3) is 11.8 Å². The number of carbonyl (C=O) groups is 3. The van der Waals surface area contributed by atoms with Crippen LogP contribution in [0.5, 0.6) is 0 Å². The molecule has 142 valence electrons. The summed E-state index contributed by atoms with van der Waals surface area (Å²) in [5.74, 6) is -0.461. The zero-order chi connectivity index (χ0) is 19.2. The number of aromatic nitrogens is 1. The van der Waals surface area contributed by atoms with Crippen LogP contribution in [-0.2, 0) is 4.79 Å². The monoisotopic (exact) mass is 406 g/mol. The zero-order valence-corrected chi connectivity index (χ0v) is 16.1. The minimum Gasteiger partial charge on any atom is -0.351 e. The second kappa shape index (κ2) is 8.96. The Labute approximate surface area is 165 Å². The number of likely N-dealkylation sites (tertiary alicyclic amines) is 1. The summed E-state index contributed by atoms with van der Waals surface area (Å²) >= 11 is 7.06. The highest BCUT2D eigenvalue weighted by Gasteiger charge is 2.19. The van der Waals surface area contributed by atoms with Gasteiger partial charge in [0.05, 0.1) is 0 Å². The Bertz CT molecular complexity index is 855. The van der Waals surface area contributed by atoms with Gasteiger partial charge in [0.15, 0.2) is 5.13 Å². The van der Waals surface area contributed by atoms with E-state index in [-0.39, 0.29) is 23.4 Å². The van der Waals surface area contributed by atoms with Gasteiger partial charge in [0.2, 0.25) is 5.91 Å². The SMILES string of the molecule is O=C(Nc1nc(C(=O)NCCCN2CCCC2=O)cs1)c1cccc(Cl)c1. The first-order valence-electron chi connectivity index (χ1n) is 8.61. The Morgan fingerprint density at radius 2 is 2.15 bits per heavy atom. The van der Waals surface area contributed by atoms with E-state index in [1.54, 1.807) is 29.6 Å². The summed E-state index contributed by atoms with van der Waals surface area (Å²) in [6.07, 6.45) is 2.22. The van der Waals surface area contributed by atoms with E-state index in [4.69, 9.17) is 11.6 Å². The lowest BCUT2D eigenvalue weighted by Crippen LogP contribution is -2.30. The Morgan fingerprint density at radius 3 is 2.89 bits per heavy atom. The van der Waals surface area contributed by atoms with Gasteiger partial charge in [-0.2, -0.15) is 0 Å². The van der Waals surface area contributed by atoms with Crippen LogP contribution in [0, 0.1) is 0 Å². The molecule has 0 unspecified atom stereocenters. The van der Waals surface area contributed by atoms with Crippen LogP contribution in [0.15, 0.2) is 29.6 Å². The number of carbonyl (C=O) groups excluding carboxylic acids is 3. The summed E-state index contributed by atoms with van der Waals surface area (Å²) in [5, 5.41) is 7.84. The fraction of sp³-hybridized carbons (Fsp3) is 0.333. The van der Waals surface area contributed by atoms with Crippen LogP contribution in [0.1, 0.15) is 40.1 Å². The quantitative estimate of drug-likeness (QED) is 0.691. The van der Waals surface area contributed by atoms with Gasteiger partial charge in [-0.1, -0.05) is 17.7 Å². The number of thiazole rings is 1. The second-order valence-corrected chi connectivity index (χ2v) is 7.39. The lowest BCUT2D eigenvalue weighted by atomic mass is 10.2. The van der Waals surface area contributed by atoms with Crippen LogP contribution in [0.25, 0.3) is 0 Å². The maximum absolute atomic E-state index is 12.2. The summed E-state index contributed by atoms with van der Waals surface area (Å²) in [5.41, 5.74) is 0.666. The number of hydrogen-bond donors (Lipinski definition) is 2. The number of nitrogens with one attached hydrogen (secondary N) is 2. The summed E-state index contributed by atoms with van der Waals surface area (Å²) in [7, 11) is 0. The standard InChI is InChI=1S/C18H19ClN4O3S/c19-13-5-1-4-12(10-13)16(25)22-18-21-14(11-27-18)17(26)20-7-3-9-23-8-2-6-15(23)24/h1,4-5,10-11H,2-3,6-9H2,(H,20,26)(H,21,22,25). The van der Waals surface area contributed by atoms with E-state index in [9.17, 15) is 14.4 Å². The Kier molecular flexibility index (Phi) is 6.41. The van der Waals surface area contributed by atoms with E-state index >= 15 is 0 Å². The summed E-state index contributed by atoms with van der Waals surface area (Å²) in [6, 6.07) is 6.58. The Morgan fingerprint density at radius 1 is 1.30 bits per heavy atom. The van der Waals surface area contributed by atoms with Crippen molar-refractivity contribution in [3.8, 4) is 0 Å². The van der Waals surface area contributed by atoms with Gasteiger partial charge >= 0.3 is 0 Å². The van der Waals surface area contributed by atoms with Gasteiger partial charge in [0, 0.05) is 42.0 Å². The first-order chi connectivity index (χ1) is 13.0. The molecule has 1 saturated heterocycles. The summed E-state index contributed by atoms with van der Waals surface area (Å²) in [6.45, 7) is 1.91. The molecule has 0 spiro atoms. The van der Waals surface area contributed by atoms with Crippen LogP contribution in [0.3, 0.4) is 0 Å². The molecule has 2 heterocycles. The molecule has 2 aromatic rings. The van der Waals surface area contributed by atoms with Crippen molar-refractivity contribution in [3.05, 3.63) is 45.9 Å². The van der Waals surface area contributed by atoms with Crippen molar-refractivity contribution in [2.75, 3.05) is 25.0 Å². The number of amides is 3. The van der Waals surface area contributed by atoms with Gasteiger partial charge in [0.1, 0.15) is 5.69 Å². The van der Waals surface area contributed by atoms with Crippen molar-refractivity contribution in [1.82, 2.24) is 15.2 Å². The van der Waals surface area contributed by atoms with E-state index in [2.05, 4.69) is 15.6 Å². The molecule has 1 aromatic heterocycles. The van der Waals surface area contributed by atoms with Crippen molar-refractivity contribution >= 4 is 45.8 Å². The second-order valence-electron chi connectivity index (χ2n) is 6.10. The molecule has 7 nitrogen and oxygen atoms in total. The lowest BCUT2D eigenvalue weighted by molar-refractivity contribution is -0.127. The van der Waals surface area contributed by atoms with Gasteiger partial charge in [-0.05, 0) is 31.0 Å². The minimum absolute atomic E-state index is 0.181. The van der Waals surface area contributed by atoms with Gasteiger partial charge in [-0.25, -0.2) is 4.98 Å². The van der Waals surface area contributed by atoms with Crippen molar-refractivity contribution < 1.29 is 14.4 Å². The van der Waals surface area contributed by atoms with E-state index < -0.39 is 0 Å². The van der Waals surface area contributed by atoms with Crippen molar-refractivity contribution in [3.63, 3.8) is 0 Å². The van der Waals surface area contributed by atoms with Crippen LogP contribution in [0.2, 0.25) is 5.02 Å². The molecule has 0 atom stereocenters. The molecule has 3 amide bonds. The van der Waals surface area contributed by atoms with E-state index in [0.717, 1.165) is 13.0 Å². The molecule has 1 aliphatic heterocycles. The summed E-state index contributed by atoms with van der Waals surface area (Å²) < 4.78 is 0. The largest absolute Gasteiger partial charge is 0.351 e. The van der Waals surface area contributed by atoms with Gasteiger partial charge in [-0.3, -0.25) is 19.7 Å². The van der Waals surface area contributed by atoms with E-state index in [0.29, 0.717) is 41.6 Å². The predicted molar refractivity (Wildman–Crippen MR) is 104 cm³/mol. The van der Waals surface area contributed by atoms with Crippen LogP contribution >= 0.6 is 22.9 Å². The molecule has 0 radical (unpaired) electrons. The lowest BCUT2D eigenvalue weighted by Gasteiger charge is -2.14. The molecule has 0 aliphatic carbocycles. The molecule has 27 heavy (non-hydrogen) atoms. The molecular weight excluding hydrogens is 388 g/mol. The number of hydrogen-bond acceptors (Lipinski definition) is 5. The molecule has 1 fully saturated rings. The topological polar surface area (TPSA) is 91.4 Å². The van der Waals surface area contributed by atoms with Crippen LogP contribution in [0.4, 0.5) is 5.13 Å². The third-order valence-electron chi connectivity index (χ3n) is 4.11. The number of benzene rings is 1. The first kappa shape index (κ1) is 19.3. The first-order valence-corrected chi connectivity index (χ1v) is 9.87. The fourth-order valence-corrected chi connectivity index (χ4v) is 3.61. The van der Waals surface area contributed by atoms with E-state index in [1.807, 2.05) is 4.90 Å². The highest BCUT2D eigenvalue weighted by Crippen LogP contribution is 2.18. The van der Waals surface area contributed by atoms with Gasteiger partial charge in [-0.15, -0.1) is 11.3 Å². The normalized spacial score (nSPS) is 13.7. The van der Waals surface area contributed by atoms with Crippen molar-refractivity contribution in [2.24, 2.45) is 0 Å². The molecule has 2 N–H and O–H groups in total. The number of nitrogens with zero attached hydrogens (tertiary/aromatic N) is 2. The van der Waals surface area contributed by atoms with E-state index in [1.165, 1.54) is 11.3 Å². The summed E-state index contributed by atoms with van der Waals surface area (Å²) in [4.78, 5) is 41.8. The van der Waals surface area contributed by atoms with Crippen LogP contribution < -0.4 is 10.6 Å². The molecule has 1 aliphatic rings. The molecular formula is C18H19ClN4O3S. The average Bonchev–Trinajstić information content (AvgIpc) is 3.28. The van der Waals surface area contributed by atoms with Gasteiger partial charge < -0.3 is 10.2 Å². The fourth-order valence-electron chi connectivity index (χ4n) is 2.74. The number of halogens is 1. The highest BCUT2D eigenvalue weighted by atomic mass is 35.5. The van der Waals surface area contributed by atoms with Crippen LogP contribution in [-0.4, -0.2) is 47.2 Å². The Balaban J connectivity index is 1.46.